The van der Waals surface area contributed by atoms with Crippen molar-refractivity contribution in [2.45, 2.75) is 19.3 Å². The molecule has 2 N–H and O–H groups in total. The van der Waals surface area contributed by atoms with Gasteiger partial charge in [0.15, 0.2) is 0 Å². The first-order valence-corrected chi connectivity index (χ1v) is 19.4. The van der Waals surface area contributed by atoms with Crippen LogP contribution in [0.1, 0.15) is 16.7 Å². The molecule has 0 heterocycles. The molecule has 0 saturated heterocycles. The average Bonchev–Trinajstić information content (AvgIpc) is 3.06. The average molecular weight is 631 g/mol. The maximum atomic E-state index is 11.8. The van der Waals surface area contributed by atoms with Crippen LogP contribution in [0, 0.1) is 0 Å². The Labute approximate surface area is 260 Å². The molecule has 0 aliphatic heterocycles. The van der Waals surface area contributed by atoms with E-state index in [1.807, 2.05) is 133 Å². The fourth-order valence-electron chi connectivity index (χ4n) is 4.82. The van der Waals surface area contributed by atoms with Crippen molar-refractivity contribution in [2.75, 3.05) is 19.8 Å². The number of rotatable bonds is 16. The third-order valence-corrected chi connectivity index (χ3v) is 14.3. The van der Waals surface area contributed by atoms with Gasteiger partial charge in [-0.3, -0.25) is 0 Å². The summed E-state index contributed by atoms with van der Waals surface area (Å²) in [5.41, 5.74) is 5.22. The van der Waals surface area contributed by atoms with Crippen molar-refractivity contribution < 1.29 is 27.9 Å². The molecule has 44 heavy (non-hydrogen) atoms. The van der Waals surface area contributed by atoms with E-state index in [4.69, 9.17) is 18.1 Å². The normalized spacial score (nSPS) is 12.5. The summed E-state index contributed by atoms with van der Waals surface area (Å²) in [5.74, 6) is 0.309. The molecular weight excluding hydrogens is 590 g/mol. The van der Waals surface area contributed by atoms with Crippen molar-refractivity contribution in [3.63, 3.8) is 0 Å². The van der Waals surface area contributed by atoms with Gasteiger partial charge in [0, 0.05) is 0 Å². The van der Waals surface area contributed by atoms with Crippen molar-refractivity contribution in [3.05, 3.63) is 162 Å². The first-order chi connectivity index (χ1) is 21.5. The van der Waals surface area contributed by atoms with Crippen LogP contribution in [0.4, 0.5) is 0 Å². The van der Waals surface area contributed by atoms with Gasteiger partial charge < -0.3 is 0 Å². The second-order valence-electron chi connectivity index (χ2n) is 10.4. The van der Waals surface area contributed by atoms with E-state index in [1.54, 1.807) is 12.1 Å². The quantitative estimate of drug-likeness (QED) is 0.107. The van der Waals surface area contributed by atoms with Crippen LogP contribution in [-0.4, -0.2) is 29.6 Å². The van der Waals surface area contributed by atoms with E-state index in [2.05, 4.69) is 0 Å². The van der Waals surface area contributed by atoms with Gasteiger partial charge in [-0.25, -0.2) is 0 Å². The molecule has 5 aromatic carbocycles. The van der Waals surface area contributed by atoms with Crippen molar-refractivity contribution in [2.24, 2.45) is 0 Å². The Bertz CT molecular complexity index is 1410. The zero-order valence-electron chi connectivity index (χ0n) is 24.6. The van der Waals surface area contributed by atoms with E-state index in [0.29, 0.717) is 25.0 Å². The van der Waals surface area contributed by atoms with Crippen molar-refractivity contribution in [3.8, 4) is 16.9 Å². The first-order valence-electron chi connectivity index (χ1n) is 14.9. The summed E-state index contributed by atoms with van der Waals surface area (Å²) in [6, 6.07) is 46.9. The van der Waals surface area contributed by atoms with Gasteiger partial charge in [-0.2, -0.15) is 0 Å². The molecular formula is C36H40O6P2. The second kappa shape index (κ2) is 16.0. The topological polar surface area (TPSA) is 77.4 Å². The summed E-state index contributed by atoms with van der Waals surface area (Å²) in [4.78, 5) is 23.6. The van der Waals surface area contributed by atoms with Crippen LogP contribution in [0.15, 0.2) is 146 Å². The van der Waals surface area contributed by atoms with E-state index >= 15 is 0 Å². The van der Waals surface area contributed by atoms with Crippen molar-refractivity contribution in [1.82, 2.24) is 0 Å². The van der Waals surface area contributed by atoms with E-state index in [9.17, 15) is 9.79 Å². The molecule has 230 valence electrons. The Hall–Kier alpha value is -3.44. The van der Waals surface area contributed by atoms with Gasteiger partial charge in [0.1, 0.15) is 0 Å². The standard InChI is InChI=1S/C36H40O6P2/c37-43(38,42-36-23-21-35(22-24-36)34-19-11-4-12-20-34)44(39-28-25-31-13-5-1-6-14-31,40-29-26-32-15-7-2-8-16-32)41-30-27-33-17-9-3-10-18-33/h1-24,37-38,43-44H,25-30H2. The second-order valence-corrected chi connectivity index (χ2v) is 17.6. The summed E-state index contributed by atoms with van der Waals surface area (Å²) in [7, 11) is -8.98. The van der Waals surface area contributed by atoms with Crippen LogP contribution in [0.2, 0.25) is 0 Å². The summed E-state index contributed by atoms with van der Waals surface area (Å²) in [6.45, 7) is 0.539. The fraction of sp³-hybridized carbons (Fsp3) is 0.167. The molecule has 0 spiro atoms. The Morgan fingerprint density at radius 2 is 0.750 bits per heavy atom. The molecule has 0 aliphatic rings. The van der Waals surface area contributed by atoms with E-state index in [0.717, 1.165) is 27.8 Å². The molecule has 0 bridgehead atoms. The van der Waals surface area contributed by atoms with Crippen LogP contribution in [0.25, 0.3) is 11.1 Å². The molecule has 5 aromatic rings. The van der Waals surface area contributed by atoms with Crippen LogP contribution in [-0.2, 0) is 32.8 Å². The molecule has 0 radical (unpaired) electrons. The molecule has 0 fully saturated rings. The zero-order chi connectivity index (χ0) is 30.5. The van der Waals surface area contributed by atoms with Gasteiger partial charge in [0.2, 0.25) is 0 Å². The molecule has 0 saturated carbocycles. The van der Waals surface area contributed by atoms with E-state index < -0.39 is 15.3 Å². The summed E-state index contributed by atoms with van der Waals surface area (Å²) < 4.78 is 25.1. The molecule has 5 rings (SSSR count). The number of hydrogen-bond donors (Lipinski definition) is 2. The van der Waals surface area contributed by atoms with Gasteiger partial charge in [0.05, 0.1) is 0 Å². The Kier molecular flexibility index (Phi) is 11.7. The predicted octanol–water partition coefficient (Wildman–Crippen LogP) is 8.40. The van der Waals surface area contributed by atoms with Gasteiger partial charge in [-0.05, 0) is 0 Å². The Morgan fingerprint density at radius 3 is 1.14 bits per heavy atom. The monoisotopic (exact) mass is 630 g/mol. The van der Waals surface area contributed by atoms with Crippen LogP contribution < -0.4 is 4.52 Å². The molecule has 0 aromatic heterocycles. The van der Waals surface area contributed by atoms with Crippen LogP contribution in [0.5, 0.6) is 5.75 Å². The third-order valence-electron chi connectivity index (χ3n) is 7.20. The number of benzene rings is 5. The van der Waals surface area contributed by atoms with Crippen LogP contribution in [0.3, 0.4) is 0 Å². The van der Waals surface area contributed by atoms with Gasteiger partial charge >= 0.3 is 261 Å². The number of hydrogen-bond acceptors (Lipinski definition) is 6. The van der Waals surface area contributed by atoms with Gasteiger partial charge in [0.25, 0.3) is 0 Å². The molecule has 0 aliphatic carbocycles. The summed E-state index contributed by atoms with van der Waals surface area (Å²) in [6.07, 6.45) is 1.65. The fourth-order valence-corrected chi connectivity index (χ4v) is 10.7. The molecule has 0 atom stereocenters. The van der Waals surface area contributed by atoms with Crippen molar-refractivity contribution in [1.29, 1.82) is 0 Å². The van der Waals surface area contributed by atoms with E-state index in [1.165, 1.54) is 0 Å². The third kappa shape index (κ3) is 9.04. The molecule has 8 heteroatoms. The SMILES string of the molecule is O[PH](O)(Oc1ccc(-c2ccccc2)cc1)[PH](OCCc1ccccc1)(OCCc1ccccc1)OCCc1ccccc1. The molecule has 6 nitrogen and oxygen atoms in total. The minimum atomic E-state index is -4.76. The molecule has 0 unspecified atom stereocenters. The Morgan fingerprint density at radius 1 is 0.409 bits per heavy atom. The van der Waals surface area contributed by atoms with E-state index in [-0.39, 0.29) is 19.8 Å². The summed E-state index contributed by atoms with van der Waals surface area (Å²) >= 11 is 0. The van der Waals surface area contributed by atoms with Crippen molar-refractivity contribution >= 4 is 15.3 Å². The minimum absolute atomic E-state index is 0.180. The van der Waals surface area contributed by atoms with Gasteiger partial charge in [-0.15, -0.1) is 0 Å². The van der Waals surface area contributed by atoms with Gasteiger partial charge in [-0.1, -0.05) is 0 Å². The Balaban J connectivity index is 1.39. The van der Waals surface area contributed by atoms with Crippen LogP contribution >= 0.6 is 15.3 Å². The zero-order valence-corrected chi connectivity index (χ0v) is 26.6. The predicted molar refractivity (Wildman–Crippen MR) is 182 cm³/mol. The first kappa shape index (κ1) is 32.0. The summed E-state index contributed by atoms with van der Waals surface area (Å²) in [5, 5.41) is 0. The molecule has 0 amide bonds. The maximum absolute atomic E-state index is 11.8.